The lowest BCUT2D eigenvalue weighted by Crippen LogP contribution is -2.43. The van der Waals surface area contributed by atoms with Crippen LogP contribution in [0.15, 0.2) is 18.2 Å². The number of rotatable bonds is 3. The molecule has 4 rings (SSSR count). The topological polar surface area (TPSA) is 127 Å². The van der Waals surface area contributed by atoms with Crippen LogP contribution in [0.3, 0.4) is 0 Å². The van der Waals surface area contributed by atoms with Gasteiger partial charge in [-0.15, -0.1) is 0 Å². The molecule has 4 N–H and O–H groups in total. The molecule has 29 heavy (non-hydrogen) atoms. The number of nitrogens with zero attached hydrogens (tertiary/aromatic N) is 3. The van der Waals surface area contributed by atoms with Crippen molar-refractivity contribution in [3.8, 4) is 23.1 Å². The molecule has 0 saturated carbocycles. The van der Waals surface area contributed by atoms with Crippen molar-refractivity contribution in [1.82, 2.24) is 25.8 Å². The number of aromatic hydroxyl groups is 1. The van der Waals surface area contributed by atoms with Crippen LogP contribution in [0.4, 0.5) is 4.39 Å². The summed E-state index contributed by atoms with van der Waals surface area (Å²) in [6.07, 6.45) is 1.57. The van der Waals surface area contributed by atoms with E-state index in [1.165, 1.54) is 12.1 Å². The van der Waals surface area contributed by atoms with Crippen molar-refractivity contribution >= 4 is 16.9 Å². The molecule has 8 nitrogen and oxygen atoms in total. The summed E-state index contributed by atoms with van der Waals surface area (Å²) in [4.78, 5) is 17.5. The van der Waals surface area contributed by atoms with Gasteiger partial charge in [-0.05, 0) is 45.0 Å². The number of aromatic amines is 1. The third kappa shape index (κ3) is 3.39. The number of nitrogens with one attached hydrogen (secondary N) is 3. The third-order valence-corrected chi connectivity index (χ3v) is 5.10. The average Bonchev–Trinajstić information content (AvgIpc) is 3.08. The summed E-state index contributed by atoms with van der Waals surface area (Å²) < 4.78 is 14.5. The van der Waals surface area contributed by atoms with E-state index in [1.807, 2.05) is 6.07 Å². The Labute approximate surface area is 165 Å². The molecule has 1 fully saturated rings. The van der Waals surface area contributed by atoms with Crippen molar-refractivity contribution in [3.63, 3.8) is 0 Å². The van der Waals surface area contributed by atoms with E-state index in [2.05, 4.69) is 25.8 Å². The maximum absolute atomic E-state index is 14.5. The standard InChI is InChI=1S/C20H19FN6O2/c1-10-16-17(20(29)24-11-4-6-23-7-5-11)14(9-22)18(25-19(16)27-26-10)13-3-2-12(28)8-15(13)21/h2-3,8,11,23,28H,4-7H2,1H3,(H,24,29)(H,25,26,27). The Hall–Kier alpha value is -3.51. The number of fused-ring (bicyclic) bond motifs is 1. The van der Waals surface area contributed by atoms with Gasteiger partial charge in [0, 0.05) is 23.4 Å². The normalized spacial score (nSPS) is 14.7. The predicted molar refractivity (Wildman–Crippen MR) is 104 cm³/mol. The second-order valence-electron chi connectivity index (χ2n) is 7.03. The first-order valence-corrected chi connectivity index (χ1v) is 9.29. The molecule has 1 aliphatic heterocycles. The summed E-state index contributed by atoms with van der Waals surface area (Å²) in [6.45, 7) is 3.34. The third-order valence-electron chi connectivity index (χ3n) is 5.10. The molecule has 0 spiro atoms. The number of benzene rings is 1. The van der Waals surface area contributed by atoms with Crippen molar-refractivity contribution in [1.29, 1.82) is 5.26 Å². The number of aryl methyl sites for hydroxylation is 1. The number of pyridine rings is 1. The Morgan fingerprint density at radius 3 is 2.83 bits per heavy atom. The van der Waals surface area contributed by atoms with Gasteiger partial charge in [0.25, 0.3) is 5.91 Å². The molecule has 1 amide bonds. The molecule has 0 bridgehead atoms. The summed E-state index contributed by atoms with van der Waals surface area (Å²) >= 11 is 0. The van der Waals surface area contributed by atoms with Crippen LogP contribution in [0.1, 0.15) is 34.5 Å². The number of carbonyl (C=O) groups is 1. The number of nitriles is 1. The lowest BCUT2D eigenvalue weighted by atomic mass is 9.96. The number of halogens is 1. The Morgan fingerprint density at radius 1 is 1.38 bits per heavy atom. The molecule has 1 aliphatic rings. The molecule has 0 atom stereocenters. The van der Waals surface area contributed by atoms with Gasteiger partial charge in [0.1, 0.15) is 17.6 Å². The van der Waals surface area contributed by atoms with Gasteiger partial charge in [0.2, 0.25) is 0 Å². The number of hydrogen-bond donors (Lipinski definition) is 4. The zero-order valence-electron chi connectivity index (χ0n) is 15.7. The van der Waals surface area contributed by atoms with Gasteiger partial charge >= 0.3 is 0 Å². The Morgan fingerprint density at radius 2 is 2.14 bits per heavy atom. The van der Waals surface area contributed by atoms with E-state index >= 15 is 0 Å². The largest absolute Gasteiger partial charge is 0.508 e. The van der Waals surface area contributed by atoms with Gasteiger partial charge in [-0.1, -0.05) is 0 Å². The van der Waals surface area contributed by atoms with E-state index in [0.29, 0.717) is 11.1 Å². The van der Waals surface area contributed by atoms with Crippen molar-refractivity contribution in [2.24, 2.45) is 0 Å². The van der Waals surface area contributed by atoms with E-state index in [0.717, 1.165) is 32.0 Å². The maximum Gasteiger partial charge on any atom is 0.253 e. The van der Waals surface area contributed by atoms with Crippen LogP contribution in [0.5, 0.6) is 5.75 Å². The quantitative estimate of drug-likeness (QED) is 0.539. The lowest BCUT2D eigenvalue weighted by Gasteiger charge is -2.24. The molecular weight excluding hydrogens is 375 g/mol. The molecule has 3 heterocycles. The van der Waals surface area contributed by atoms with Crippen LogP contribution in [-0.2, 0) is 0 Å². The summed E-state index contributed by atoms with van der Waals surface area (Å²) in [6, 6.07) is 5.58. The fourth-order valence-electron chi connectivity index (χ4n) is 3.65. The number of amides is 1. The highest BCUT2D eigenvalue weighted by Crippen LogP contribution is 2.33. The molecule has 1 saturated heterocycles. The monoisotopic (exact) mass is 394 g/mol. The number of aromatic nitrogens is 3. The molecule has 9 heteroatoms. The van der Waals surface area contributed by atoms with Crippen LogP contribution >= 0.6 is 0 Å². The first-order valence-electron chi connectivity index (χ1n) is 9.29. The number of H-pyrrole nitrogens is 1. The van der Waals surface area contributed by atoms with Crippen LogP contribution in [0.25, 0.3) is 22.3 Å². The lowest BCUT2D eigenvalue weighted by molar-refractivity contribution is 0.0931. The van der Waals surface area contributed by atoms with Crippen LogP contribution < -0.4 is 10.6 Å². The van der Waals surface area contributed by atoms with Gasteiger partial charge in [-0.2, -0.15) is 10.4 Å². The fraction of sp³-hybridized carbons (Fsp3) is 0.300. The Bertz CT molecular complexity index is 1140. The summed E-state index contributed by atoms with van der Waals surface area (Å²) in [5.41, 5.74) is 0.941. The Kier molecular flexibility index (Phi) is 4.86. The maximum atomic E-state index is 14.5. The van der Waals surface area contributed by atoms with Crippen molar-refractivity contribution < 1.29 is 14.3 Å². The van der Waals surface area contributed by atoms with Crippen molar-refractivity contribution in [3.05, 3.63) is 40.8 Å². The summed E-state index contributed by atoms with van der Waals surface area (Å²) in [5, 5.41) is 32.9. The molecule has 0 aliphatic carbocycles. The fourth-order valence-corrected chi connectivity index (χ4v) is 3.65. The van der Waals surface area contributed by atoms with Gasteiger partial charge < -0.3 is 15.7 Å². The molecule has 1 aromatic carbocycles. The van der Waals surface area contributed by atoms with E-state index < -0.39 is 11.7 Å². The van der Waals surface area contributed by atoms with Crippen molar-refractivity contribution in [2.45, 2.75) is 25.8 Å². The average molecular weight is 394 g/mol. The minimum Gasteiger partial charge on any atom is -0.508 e. The molecule has 0 radical (unpaired) electrons. The van der Waals surface area contributed by atoms with Gasteiger partial charge in [-0.3, -0.25) is 9.89 Å². The van der Waals surface area contributed by atoms with E-state index in [-0.39, 0.29) is 39.8 Å². The smallest absolute Gasteiger partial charge is 0.253 e. The first kappa shape index (κ1) is 18.8. The molecule has 2 aromatic heterocycles. The number of piperidine rings is 1. The first-order chi connectivity index (χ1) is 14.0. The second-order valence-corrected chi connectivity index (χ2v) is 7.03. The Balaban J connectivity index is 1.90. The van der Waals surface area contributed by atoms with Crippen LogP contribution in [-0.4, -0.2) is 45.3 Å². The zero-order chi connectivity index (χ0) is 20.5. The number of hydrogen-bond acceptors (Lipinski definition) is 6. The highest BCUT2D eigenvalue weighted by atomic mass is 19.1. The zero-order valence-corrected chi connectivity index (χ0v) is 15.7. The van der Waals surface area contributed by atoms with Gasteiger partial charge in [-0.25, -0.2) is 9.37 Å². The van der Waals surface area contributed by atoms with E-state index in [9.17, 15) is 19.6 Å². The molecule has 148 valence electrons. The molecule has 3 aromatic rings. The second kappa shape index (κ2) is 7.48. The van der Waals surface area contributed by atoms with E-state index in [4.69, 9.17) is 0 Å². The summed E-state index contributed by atoms with van der Waals surface area (Å²) in [5.74, 6) is -1.40. The molecular formula is C20H19FN6O2. The van der Waals surface area contributed by atoms with E-state index in [1.54, 1.807) is 6.92 Å². The van der Waals surface area contributed by atoms with Gasteiger partial charge in [0.15, 0.2) is 5.65 Å². The van der Waals surface area contributed by atoms with Gasteiger partial charge in [0.05, 0.1) is 22.2 Å². The van der Waals surface area contributed by atoms with Crippen LogP contribution in [0.2, 0.25) is 0 Å². The molecule has 0 unspecified atom stereocenters. The number of phenols is 1. The predicted octanol–water partition coefficient (Wildman–Crippen LogP) is 2.13. The number of phenolic OH excluding ortho intramolecular Hbond substituents is 1. The highest BCUT2D eigenvalue weighted by molar-refractivity contribution is 6.10. The minimum absolute atomic E-state index is 0.0119. The highest BCUT2D eigenvalue weighted by Gasteiger charge is 2.27. The van der Waals surface area contributed by atoms with Crippen molar-refractivity contribution in [2.75, 3.05) is 13.1 Å². The number of carbonyl (C=O) groups excluding carboxylic acids is 1. The minimum atomic E-state index is -0.745. The van der Waals surface area contributed by atoms with Crippen LogP contribution in [0, 0.1) is 24.1 Å². The summed E-state index contributed by atoms with van der Waals surface area (Å²) in [7, 11) is 0. The SMILES string of the molecule is Cc1[nH]nc2nc(-c3ccc(O)cc3F)c(C#N)c(C(=O)NC3CCNCC3)c12.